The van der Waals surface area contributed by atoms with Crippen LogP contribution in [0.3, 0.4) is 0 Å². The summed E-state index contributed by atoms with van der Waals surface area (Å²) in [6.45, 7) is 2.78. The number of hydrogen-bond acceptors (Lipinski definition) is 5. The third kappa shape index (κ3) is 4.35. The van der Waals surface area contributed by atoms with Crippen LogP contribution >= 0.6 is 0 Å². The number of aromatic nitrogens is 2. The van der Waals surface area contributed by atoms with Gasteiger partial charge >= 0.3 is 0 Å². The average molecular weight is 295 g/mol. The molecule has 0 saturated carbocycles. The third-order valence-corrected chi connectivity index (χ3v) is 2.44. The molecule has 0 unspecified atom stereocenters. The predicted octanol–water partition coefficient (Wildman–Crippen LogP) is 3.13. The second-order valence-electron chi connectivity index (χ2n) is 4.18. The fourth-order valence-electron chi connectivity index (χ4n) is 1.70. The second-order valence-corrected chi connectivity index (χ2v) is 4.18. The summed E-state index contributed by atoms with van der Waals surface area (Å²) in [6, 6.07) is 4.47. The van der Waals surface area contributed by atoms with Crippen molar-refractivity contribution >= 4 is 5.82 Å². The number of rotatable bonds is 6. The van der Waals surface area contributed by atoms with Crippen LogP contribution in [0.1, 0.15) is 12.7 Å². The highest BCUT2D eigenvalue weighted by molar-refractivity contribution is 5.40. The maximum Gasteiger partial charge on any atom is 0.224 e. The van der Waals surface area contributed by atoms with Crippen molar-refractivity contribution in [2.75, 3.05) is 19.0 Å². The Kier molecular flexibility index (Phi) is 4.99. The zero-order chi connectivity index (χ0) is 15.2. The van der Waals surface area contributed by atoms with Gasteiger partial charge in [-0.2, -0.15) is 4.98 Å². The normalized spacial score (nSPS) is 10.5. The van der Waals surface area contributed by atoms with E-state index in [1.54, 1.807) is 6.07 Å². The molecule has 2 rings (SSSR count). The number of hydrogen-bond donors (Lipinski definition) is 1. The lowest BCUT2D eigenvalue weighted by molar-refractivity contribution is 0.177. The standard InChI is InChI=1S/C14H15F2N3O2/c1-3-17-12-7-14(19-13(18-12)8-20-2)21-11-5-9(15)4-10(16)6-11/h4-7H,3,8H2,1-2H3,(H,17,18,19). The lowest BCUT2D eigenvalue weighted by atomic mass is 10.3. The molecule has 0 aliphatic rings. The number of anilines is 1. The van der Waals surface area contributed by atoms with E-state index in [0.29, 0.717) is 18.2 Å². The largest absolute Gasteiger partial charge is 0.439 e. The molecule has 1 heterocycles. The van der Waals surface area contributed by atoms with Gasteiger partial charge in [-0.05, 0) is 6.92 Å². The molecule has 112 valence electrons. The Bertz CT molecular complexity index is 579. The van der Waals surface area contributed by atoms with Gasteiger partial charge in [-0.1, -0.05) is 0 Å². The molecular weight excluding hydrogens is 280 g/mol. The van der Waals surface area contributed by atoms with Crippen molar-refractivity contribution < 1.29 is 18.3 Å². The quantitative estimate of drug-likeness (QED) is 0.887. The van der Waals surface area contributed by atoms with E-state index in [9.17, 15) is 8.78 Å². The minimum Gasteiger partial charge on any atom is -0.439 e. The molecule has 1 aromatic carbocycles. The van der Waals surface area contributed by atoms with E-state index in [-0.39, 0.29) is 18.2 Å². The summed E-state index contributed by atoms with van der Waals surface area (Å²) in [5.41, 5.74) is 0. The van der Waals surface area contributed by atoms with Gasteiger partial charge in [-0.3, -0.25) is 0 Å². The first-order valence-electron chi connectivity index (χ1n) is 6.35. The Hall–Kier alpha value is -2.28. The Balaban J connectivity index is 2.28. The molecule has 1 N–H and O–H groups in total. The smallest absolute Gasteiger partial charge is 0.224 e. The molecule has 7 heteroatoms. The van der Waals surface area contributed by atoms with Crippen molar-refractivity contribution in [2.24, 2.45) is 0 Å². The van der Waals surface area contributed by atoms with Crippen LogP contribution in [0.25, 0.3) is 0 Å². The molecular formula is C14H15F2N3O2. The predicted molar refractivity (Wildman–Crippen MR) is 73.3 cm³/mol. The van der Waals surface area contributed by atoms with Gasteiger partial charge < -0.3 is 14.8 Å². The van der Waals surface area contributed by atoms with E-state index >= 15 is 0 Å². The zero-order valence-electron chi connectivity index (χ0n) is 11.7. The monoisotopic (exact) mass is 295 g/mol. The van der Waals surface area contributed by atoms with Crippen molar-refractivity contribution in [3.63, 3.8) is 0 Å². The average Bonchev–Trinajstić information content (AvgIpc) is 2.37. The van der Waals surface area contributed by atoms with Gasteiger partial charge in [0.25, 0.3) is 0 Å². The third-order valence-electron chi connectivity index (χ3n) is 2.44. The molecule has 0 saturated heterocycles. The lowest BCUT2D eigenvalue weighted by Crippen LogP contribution is -2.05. The molecule has 21 heavy (non-hydrogen) atoms. The molecule has 0 fully saturated rings. The van der Waals surface area contributed by atoms with E-state index in [1.165, 1.54) is 7.11 Å². The minimum atomic E-state index is -0.719. The second kappa shape index (κ2) is 6.94. The number of benzene rings is 1. The zero-order valence-corrected chi connectivity index (χ0v) is 11.7. The molecule has 0 amide bonds. The minimum absolute atomic E-state index is 0.0250. The molecule has 0 atom stereocenters. The van der Waals surface area contributed by atoms with E-state index < -0.39 is 11.6 Å². The highest BCUT2D eigenvalue weighted by Gasteiger charge is 2.08. The number of methoxy groups -OCH3 is 1. The first-order valence-corrected chi connectivity index (χ1v) is 6.35. The van der Waals surface area contributed by atoms with Crippen molar-refractivity contribution in [1.82, 2.24) is 9.97 Å². The molecule has 0 spiro atoms. The number of nitrogens with one attached hydrogen (secondary N) is 1. The first-order chi connectivity index (χ1) is 10.1. The van der Waals surface area contributed by atoms with Crippen LogP contribution in [0.4, 0.5) is 14.6 Å². The summed E-state index contributed by atoms with van der Waals surface area (Å²) in [7, 11) is 1.52. The van der Waals surface area contributed by atoms with Crippen LogP contribution in [-0.4, -0.2) is 23.6 Å². The van der Waals surface area contributed by atoms with Gasteiger partial charge in [0.15, 0.2) is 5.82 Å². The van der Waals surface area contributed by atoms with Gasteiger partial charge in [-0.15, -0.1) is 0 Å². The van der Waals surface area contributed by atoms with Crippen molar-refractivity contribution in [3.8, 4) is 11.6 Å². The highest BCUT2D eigenvalue weighted by atomic mass is 19.1. The van der Waals surface area contributed by atoms with Crippen LogP contribution < -0.4 is 10.1 Å². The fourth-order valence-corrected chi connectivity index (χ4v) is 1.70. The first kappa shape index (κ1) is 15.1. The molecule has 0 aliphatic heterocycles. The molecule has 1 aromatic heterocycles. The molecule has 2 aromatic rings. The number of halogens is 2. The summed E-state index contributed by atoms with van der Waals surface area (Å²) in [6.07, 6.45) is 0. The maximum absolute atomic E-state index is 13.1. The summed E-state index contributed by atoms with van der Waals surface area (Å²) in [5.74, 6) is -0.282. The van der Waals surface area contributed by atoms with E-state index in [2.05, 4.69) is 15.3 Å². The number of ether oxygens (including phenoxy) is 2. The SMILES string of the molecule is CCNc1cc(Oc2cc(F)cc(F)c2)nc(COC)n1. The summed E-state index contributed by atoms with van der Waals surface area (Å²) < 4.78 is 36.7. The van der Waals surface area contributed by atoms with Gasteiger partial charge in [0.2, 0.25) is 5.88 Å². The Labute approximate surface area is 120 Å². The van der Waals surface area contributed by atoms with E-state index in [0.717, 1.165) is 18.2 Å². The van der Waals surface area contributed by atoms with Crippen LogP contribution in [-0.2, 0) is 11.3 Å². The van der Waals surface area contributed by atoms with Crippen molar-refractivity contribution in [3.05, 3.63) is 41.7 Å². The fraction of sp³-hybridized carbons (Fsp3) is 0.286. The lowest BCUT2D eigenvalue weighted by Gasteiger charge is -2.09. The Morgan fingerprint density at radius 2 is 1.81 bits per heavy atom. The van der Waals surface area contributed by atoms with E-state index in [4.69, 9.17) is 9.47 Å². The number of nitrogens with zero attached hydrogens (tertiary/aromatic N) is 2. The Morgan fingerprint density at radius 3 is 2.43 bits per heavy atom. The molecule has 5 nitrogen and oxygen atoms in total. The van der Waals surface area contributed by atoms with Gasteiger partial charge in [-0.25, -0.2) is 13.8 Å². The van der Waals surface area contributed by atoms with Crippen LogP contribution in [0.2, 0.25) is 0 Å². The van der Waals surface area contributed by atoms with Crippen LogP contribution in [0, 0.1) is 11.6 Å². The Morgan fingerprint density at radius 1 is 1.10 bits per heavy atom. The topological polar surface area (TPSA) is 56.3 Å². The van der Waals surface area contributed by atoms with Gasteiger partial charge in [0.1, 0.15) is 29.8 Å². The summed E-state index contributed by atoms with van der Waals surface area (Å²) in [5, 5.41) is 3.02. The highest BCUT2D eigenvalue weighted by Crippen LogP contribution is 2.23. The van der Waals surface area contributed by atoms with Gasteiger partial charge in [0.05, 0.1) is 0 Å². The van der Waals surface area contributed by atoms with Crippen LogP contribution in [0.5, 0.6) is 11.6 Å². The molecule has 0 aliphatic carbocycles. The maximum atomic E-state index is 13.1. The summed E-state index contributed by atoms with van der Waals surface area (Å²) >= 11 is 0. The van der Waals surface area contributed by atoms with Gasteiger partial charge in [0, 0.05) is 37.9 Å². The van der Waals surface area contributed by atoms with E-state index in [1.807, 2.05) is 6.92 Å². The van der Waals surface area contributed by atoms with Crippen LogP contribution in [0.15, 0.2) is 24.3 Å². The molecule has 0 radical (unpaired) electrons. The molecule has 0 bridgehead atoms. The summed E-state index contributed by atoms with van der Waals surface area (Å²) in [4.78, 5) is 8.33. The van der Waals surface area contributed by atoms with Crippen molar-refractivity contribution in [2.45, 2.75) is 13.5 Å². The van der Waals surface area contributed by atoms with Crippen molar-refractivity contribution in [1.29, 1.82) is 0 Å².